The summed E-state index contributed by atoms with van der Waals surface area (Å²) < 4.78 is 15.3. The van der Waals surface area contributed by atoms with Crippen molar-refractivity contribution in [3.8, 4) is 0 Å². The molecule has 1 saturated carbocycles. The lowest BCUT2D eigenvalue weighted by Crippen LogP contribution is -2.14. The second-order valence-corrected chi connectivity index (χ2v) is 4.05. The Balaban J connectivity index is 1.76. The molecule has 0 radical (unpaired) electrons. The van der Waals surface area contributed by atoms with Crippen molar-refractivity contribution < 1.29 is 19.0 Å². The molecule has 4 heteroatoms. The lowest BCUT2D eigenvalue weighted by molar-refractivity contribution is -0.143. The van der Waals surface area contributed by atoms with Crippen molar-refractivity contribution in [3.63, 3.8) is 0 Å². The minimum absolute atomic E-state index is 0.0867. The van der Waals surface area contributed by atoms with E-state index in [0.29, 0.717) is 31.2 Å². The molecule has 0 aromatic heterocycles. The zero-order chi connectivity index (χ0) is 10.8. The molecule has 1 fully saturated rings. The maximum Gasteiger partial charge on any atom is 0.302 e. The normalized spacial score (nSPS) is 36.4. The van der Waals surface area contributed by atoms with Crippen molar-refractivity contribution >= 4 is 5.97 Å². The predicted molar refractivity (Wildman–Crippen MR) is 53.0 cm³/mol. The highest BCUT2D eigenvalue weighted by Gasteiger charge is 2.57. The number of hydrogen-bond acceptors (Lipinski definition) is 4. The van der Waals surface area contributed by atoms with E-state index in [-0.39, 0.29) is 12.1 Å². The number of hydrogen-bond donors (Lipinski definition) is 0. The lowest BCUT2D eigenvalue weighted by atomic mass is 10.1. The number of carbonyl (C=O) groups is 1. The molecule has 84 valence electrons. The number of esters is 1. The van der Waals surface area contributed by atoms with Gasteiger partial charge in [0.05, 0.1) is 6.61 Å². The maximum atomic E-state index is 10.8. The zero-order valence-electron chi connectivity index (χ0n) is 9.01. The molecule has 4 atom stereocenters. The van der Waals surface area contributed by atoms with Crippen LogP contribution < -0.4 is 0 Å². The molecule has 0 saturated heterocycles. The SMILES string of the molecule is COCOC[C@@H]1C=C[C@@H]2[C@@H](OC(C)=O)[C@@H]21. The Morgan fingerprint density at radius 3 is 2.87 bits per heavy atom. The summed E-state index contributed by atoms with van der Waals surface area (Å²) in [6, 6.07) is 0. The van der Waals surface area contributed by atoms with Crippen molar-refractivity contribution in [3.05, 3.63) is 12.2 Å². The molecule has 0 aromatic rings. The molecule has 2 rings (SSSR count). The Bertz CT molecular complexity index is 274. The van der Waals surface area contributed by atoms with Crippen molar-refractivity contribution in [2.45, 2.75) is 13.0 Å². The first-order chi connectivity index (χ1) is 7.24. The fourth-order valence-corrected chi connectivity index (χ4v) is 2.28. The molecule has 0 aliphatic heterocycles. The number of methoxy groups -OCH3 is 1. The summed E-state index contributed by atoms with van der Waals surface area (Å²) in [6.07, 6.45) is 4.35. The third kappa shape index (κ3) is 2.21. The highest BCUT2D eigenvalue weighted by atomic mass is 16.7. The minimum atomic E-state index is -0.195. The summed E-state index contributed by atoms with van der Waals surface area (Å²) in [5, 5.41) is 0. The van der Waals surface area contributed by atoms with Crippen LogP contribution in [0.5, 0.6) is 0 Å². The maximum absolute atomic E-state index is 10.8. The quantitative estimate of drug-likeness (QED) is 0.295. The van der Waals surface area contributed by atoms with Gasteiger partial charge in [-0.2, -0.15) is 0 Å². The second-order valence-electron chi connectivity index (χ2n) is 4.05. The summed E-state index contributed by atoms with van der Waals surface area (Å²) in [5.41, 5.74) is 0. The monoisotopic (exact) mass is 212 g/mol. The summed E-state index contributed by atoms with van der Waals surface area (Å²) in [4.78, 5) is 10.8. The van der Waals surface area contributed by atoms with E-state index >= 15 is 0 Å². The molecule has 2 aliphatic carbocycles. The average Bonchev–Trinajstić information content (AvgIpc) is 2.69. The van der Waals surface area contributed by atoms with Gasteiger partial charge < -0.3 is 14.2 Å². The largest absolute Gasteiger partial charge is 0.462 e. The molecule has 0 spiro atoms. The number of carbonyl (C=O) groups excluding carboxylic acids is 1. The molecule has 0 N–H and O–H groups in total. The van der Waals surface area contributed by atoms with E-state index in [4.69, 9.17) is 14.2 Å². The summed E-state index contributed by atoms with van der Waals surface area (Å²) in [7, 11) is 1.60. The Kier molecular flexibility index (Phi) is 3.07. The van der Waals surface area contributed by atoms with Gasteiger partial charge in [-0.1, -0.05) is 12.2 Å². The van der Waals surface area contributed by atoms with Crippen LogP contribution in [0.2, 0.25) is 0 Å². The summed E-state index contributed by atoms with van der Waals surface area (Å²) in [6.45, 7) is 2.41. The molecular formula is C11H16O4. The summed E-state index contributed by atoms with van der Waals surface area (Å²) >= 11 is 0. The van der Waals surface area contributed by atoms with Gasteiger partial charge in [-0.15, -0.1) is 0 Å². The lowest BCUT2D eigenvalue weighted by Gasteiger charge is -2.11. The number of ether oxygens (including phenoxy) is 3. The fraction of sp³-hybridized carbons (Fsp3) is 0.727. The van der Waals surface area contributed by atoms with Crippen molar-refractivity contribution in [2.24, 2.45) is 17.8 Å². The van der Waals surface area contributed by atoms with Crippen LogP contribution in [0.3, 0.4) is 0 Å². The van der Waals surface area contributed by atoms with Crippen LogP contribution in [0.1, 0.15) is 6.92 Å². The van der Waals surface area contributed by atoms with Crippen LogP contribution in [0.4, 0.5) is 0 Å². The Morgan fingerprint density at radius 1 is 1.40 bits per heavy atom. The summed E-state index contributed by atoms with van der Waals surface area (Å²) in [5.74, 6) is 1.03. The van der Waals surface area contributed by atoms with Gasteiger partial charge in [-0.3, -0.25) is 4.79 Å². The topological polar surface area (TPSA) is 44.8 Å². The predicted octanol–water partition coefficient (Wildman–Crippen LogP) is 0.971. The molecule has 0 aromatic carbocycles. The minimum Gasteiger partial charge on any atom is -0.462 e. The van der Waals surface area contributed by atoms with E-state index in [1.165, 1.54) is 6.92 Å². The molecular weight excluding hydrogens is 196 g/mol. The molecule has 0 amide bonds. The van der Waals surface area contributed by atoms with E-state index in [1.54, 1.807) is 7.11 Å². The molecule has 0 heterocycles. The highest BCUT2D eigenvalue weighted by molar-refractivity contribution is 5.66. The van der Waals surface area contributed by atoms with Crippen molar-refractivity contribution in [1.29, 1.82) is 0 Å². The van der Waals surface area contributed by atoms with Crippen LogP contribution in [0, 0.1) is 17.8 Å². The molecule has 15 heavy (non-hydrogen) atoms. The molecule has 0 bridgehead atoms. The van der Waals surface area contributed by atoms with Gasteiger partial charge in [0.2, 0.25) is 0 Å². The van der Waals surface area contributed by atoms with Gasteiger partial charge in [-0.05, 0) is 0 Å². The number of rotatable bonds is 5. The zero-order valence-corrected chi connectivity index (χ0v) is 9.01. The smallest absolute Gasteiger partial charge is 0.302 e. The van der Waals surface area contributed by atoms with E-state index in [0.717, 1.165) is 0 Å². The fourth-order valence-electron chi connectivity index (χ4n) is 2.28. The highest BCUT2D eigenvalue weighted by Crippen LogP contribution is 2.53. The van der Waals surface area contributed by atoms with Crippen molar-refractivity contribution in [2.75, 3.05) is 20.5 Å². The third-order valence-electron chi connectivity index (χ3n) is 2.95. The van der Waals surface area contributed by atoms with Gasteiger partial charge in [0.15, 0.2) is 0 Å². The van der Waals surface area contributed by atoms with Gasteiger partial charge >= 0.3 is 5.97 Å². The third-order valence-corrected chi connectivity index (χ3v) is 2.95. The first-order valence-corrected chi connectivity index (χ1v) is 5.16. The Hall–Kier alpha value is -0.870. The molecule has 0 unspecified atom stereocenters. The van der Waals surface area contributed by atoms with E-state index < -0.39 is 0 Å². The molecule has 4 nitrogen and oxygen atoms in total. The van der Waals surface area contributed by atoms with Crippen LogP contribution in [0.25, 0.3) is 0 Å². The standard InChI is InChI=1S/C11H16O4/c1-7(12)15-11-9-4-3-8(10(9)11)5-14-6-13-2/h3-4,8-11H,5-6H2,1-2H3/t8-,9-,10+,11+/m0/s1. The number of fused-ring (bicyclic) bond motifs is 1. The van der Waals surface area contributed by atoms with Crippen LogP contribution in [0.15, 0.2) is 12.2 Å². The van der Waals surface area contributed by atoms with Crippen molar-refractivity contribution in [1.82, 2.24) is 0 Å². The Labute approximate surface area is 89.2 Å². The Morgan fingerprint density at radius 2 is 2.20 bits per heavy atom. The second kappa shape index (κ2) is 4.33. The van der Waals surface area contributed by atoms with E-state index in [1.807, 2.05) is 0 Å². The van der Waals surface area contributed by atoms with E-state index in [9.17, 15) is 4.79 Å². The van der Waals surface area contributed by atoms with Gasteiger partial charge in [-0.25, -0.2) is 0 Å². The van der Waals surface area contributed by atoms with Gasteiger partial charge in [0.25, 0.3) is 0 Å². The van der Waals surface area contributed by atoms with Crippen LogP contribution in [-0.4, -0.2) is 32.6 Å². The van der Waals surface area contributed by atoms with Crippen LogP contribution >= 0.6 is 0 Å². The molecule has 2 aliphatic rings. The van der Waals surface area contributed by atoms with Gasteiger partial charge in [0.1, 0.15) is 12.9 Å². The first-order valence-electron chi connectivity index (χ1n) is 5.16. The average molecular weight is 212 g/mol. The van der Waals surface area contributed by atoms with Gasteiger partial charge in [0, 0.05) is 31.8 Å². The first kappa shape index (κ1) is 10.6. The van der Waals surface area contributed by atoms with Crippen LogP contribution in [-0.2, 0) is 19.0 Å². The van der Waals surface area contributed by atoms with E-state index in [2.05, 4.69) is 12.2 Å².